The van der Waals surface area contributed by atoms with Gasteiger partial charge in [0.25, 0.3) is 0 Å². The first-order chi connectivity index (χ1) is 15.3. The summed E-state index contributed by atoms with van der Waals surface area (Å²) in [6.07, 6.45) is 6.93. The number of unbranched alkanes of at least 4 members (excludes halogenated alkanes) is 3. The van der Waals surface area contributed by atoms with Crippen molar-refractivity contribution in [2.24, 2.45) is 11.8 Å². The molecule has 0 heterocycles. The van der Waals surface area contributed by atoms with Gasteiger partial charge in [0.2, 0.25) is 0 Å². The first kappa shape index (κ1) is 26.2. The molecule has 32 heavy (non-hydrogen) atoms. The molecule has 0 bridgehead atoms. The van der Waals surface area contributed by atoms with E-state index in [0.717, 1.165) is 30.4 Å². The molecule has 0 radical (unpaired) electrons. The topological polar surface area (TPSA) is 104 Å². The minimum Gasteiger partial charge on any atom is -0.481 e. The zero-order chi connectivity index (χ0) is 23.5. The number of hydrogen-bond donors (Lipinski definition) is 3. The Kier molecular flexibility index (Phi) is 11.1. The van der Waals surface area contributed by atoms with E-state index in [1.165, 1.54) is 0 Å². The Labute approximate surface area is 191 Å². The van der Waals surface area contributed by atoms with Crippen LogP contribution in [0, 0.1) is 11.8 Å². The van der Waals surface area contributed by atoms with Crippen LogP contribution in [0.15, 0.2) is 36.4 Å². The number of ketones is 1. The Morgan fingerprint density at radius 3 is 2.62 bits per heavy atom. The number of carboxylic acids is 1. The zero-order valence-electron chi connectivity index (χ0n) is 19.3. The normalized spacial score (nSPS) is 22.2. The number of ether oxygens (including phenoxy) is 1. The van der Waals surface area contributed by atoms with Gasteiger partial charge in [-0.25, -0.2) is 0 Å². The number of Topliss-reactive ketones (excluding diaryl/α,β-unsaturated/α-hetero) is 1. The van der Waals surface area contributed by atoms with Crippen molar-refractivity contribution in [2.75, 3.05) is 0 Å². The third-order valence-corrected chi connectivity index (χ3v) is 5.96. The second-order valence-electron chi connectivity index (χ2n) is 9.10. The molecule has 1 aliphatic rings. The fourth-order valence-electron chi connectivity index (χ4n) is 4.26. The molecule has 1 aromatic carbocycles. The maximum Gasteiger partial charge on any atom is 0.303 e. The summed E-state index contributed by atoms with van der Waals surface area (Å²) >= 11 is 0. The van der Waals surface area contributed by atoms with E-state index in [-0.39, 0.29) is 36.6 Å². The summed E-state index contributed by atoms with van der Waals surface area (Å²) in [6, 6.07) is 7.95. The Morgan fingerprint density at radius 1 is 1.19 bits per heavy atom. The molecule has 1 aromatic rings. The van der Waals surface area contributed by atoms with Crippen LogP contribution in [-0.4, -0.2) is 45.4 Å². The van der Waals surface area contributed by atoms with Crippen molar-refractivity contribution in [3.8, 4) is 0 Å². The highest BCUT2D eigenvalue weighted by Crippen LogP contribution is 2.34. The first-order valence-electron chi connectivity index (χ1n) is 11.7. The molecule has 1 aliphatic carbocycles. The standard InChI is InChI=1S/C26H38O6/c1-18(2)32-17-20-9-7-8-19(14-20)15-21(27)12-13-23-22(24(28)16-25(23)29)10-5-3-4-6-11-26(30)31/h7-9,12-14,18,21-23,25,27,29H,3-6,10-11,15-17H2,1-2H3,(H,30,31)/t21?,22-,23-,25-/m1/s1. The molecule has 0 amide bonds. The molecule has 0 aliphatic heterocycles. The summed E-state index contributed by atoms with van der Waals surface area (Å²) < 4.78 is 5.64. The van der Waals surface area contributed by atoms with Gasteiger partial charge in [-0.1, -0.05) is 55.7 Å². The first-order valence-corrected chi connectivity index (χ1v) is 11.7. The third kappa shape index (κ3) is 9.23. The molecular weight excluding hydrogens is 408 g/mol. The average molecular weight is 447 g/mol. The summed E-state index contributed by atoms with van der Waals surface area (Å²) in [5.41, 5.74) is 2.07. The van der Waals surface area contributed by atoms with E-state index in [9.17, 15) is 19.8 Å². The molecule has 1 unspecified atom stereocenters. The average Bonchev–Trinajstić information content (AvgIpc) is 2.99. The van der Waals surface area contributed by atoms with Crippen molar-refractivity contribution in [2.45, 2.75) is 90.1 Å². The molecule has 4 atom stereocenters. The Hall–Kier alpha value is -2.02. The quantitative estimate of drug-likeness (QED) is 0.294. The van der Waals surface area contributed by atoms with Gasteiger partial charge in [0.1, 0.15) is 5.78 Å². The molecule has 0 spiro atoms. The molecule has 6 nitrogen and oxygen atoms in total. The van der Waals surface area contributed by atoms with Crippen molar-refractivity contribution >= 4 is 11.8 Å². The second kappa shape index (κ2) is 13.5. The maximum atomic E-state index is 12.3. The molecule has 3 N–H and O–H groups in total. The van der Waals surface area contributed by atoms with Gasteiger partial charge in [-0.3, -0.25) is 9.59 Å². The van der Waals surface area contributed by atoms with Gasteiger partial charge in [0, 0.05) is 31.1 Å². The second-order valence-corrected chi connectivity index (χ2v) is 9.10. The summed E-state index contributed by atoms with van der Waals surface area (Å²) in [7, 11) is 0. The van der Waals surface area contributed by atoms with E-state index in [2.05, 4.69) is 0 Å². The number of rotatable bonds is 14. The highest BCUT2D eigenvalue weighted by atomic mass is 16.5. The van der Waals surface area contributed by atoms with Crippen LogP contribution >= 0.6 is 0 Å². The van der Waals surface area contributed by atoms with E-state index >= 15 is 0 Å². The number of aliphatic hydroxyl groups excluding tert-OH is 2. The van der Waals surface area contributed by atoms with Crippen molar-refractivity contribution in [1.29, 1.82) is 0 Å². The minimum absolute atomic E-state index is 0.0741. The van der Waals surface area contributed by atoms with E-state index in [4.69, 9.17) is 9.84 Å². The lowest BCUT2D eigenvalue weighted by molar-refractivity contribution is -0.137. The van der Waals surface area contributed by atoms with E-state index < -0.39 is 18.2 Å². The summed E-state index contributed by atoms with van der Waals surface area (Å²) in [5, 5.41) is 29.5. The van der Waals surface area contributed by atoms with Gasteiger partial charge in [0.15, 0.2) is 0 Å². The Morgan fingerprint density at radius 2 is 1.91 bits per heavy atom. The lowest BCUT2D eigenvalue weighted by Gasteiger charge is -2.18. The third-order valence-electron chi connectivity index (χ3n) is 5.96. The molecule has 178 valence electrons. The summed E-state index contributed by atoms with van der Waals surface area (Å²) in [4.78, 5) is 22.9. The number of aliphatic carboxylic acids is 1. The van der Waals surface area contributed by atoms with Crippen LogP contribution in [0.1, 0.15) is 69.9 Å². The number of carbonyl (C=O) groups is 2. The van der Waals surface area contributed by atoms with Gasteiger partial charge in [-0.2, -0.15) is 0 Å². The van der Waals surface area contributed by atoms with Crippen LogP contribution in [0.4, 0.5) is 0 Å². The lowest BCUT2D eigenvalue weighted by atomic mass is 9.88. The smallest absolute Gasteiger partial charge is 0.303 e. The van der Waals surface area contributed by atoms with Crippen LogP contribution in [0.5, 0.6) is 0 Å². The summed E-state index contributed by atoms with van der Waals surface area (Å²) in [6.45, 7) is 4.52. The van der Waals surface area contributed by atoms with Crippen LogP contribution in [0.25, 0.3) is 0 Å². The molecule has 6 heteroatoms. The van der Waals surface area contributed by atoms with E-state index in [1.807, 2.05) is 38.1 Å². The Bertz CT molecular complexity index is 756. The number of carboxylic acid groups (broad SMARTS) is 1. The van der Waals surface area contributed by atoms with Gasteiger partial charge in [0.05, 0.1) is 24.9 Å². The molecule has 1 fully saturated rings. The monoisotopic (exact) mass is 446 g/mol. The SMILES string of the molecule is CC(C)OCc1cccc(CC(O)C=C[C@H]2[C@H](O)CC(=O)[C@@H]2CCCCCCC(=O)O)c1. The molecule has 0 saturated heterocycles. The van der Waals surface area contributed by atoms with Gasteiger partial charge >= 0.3 is 5.97 Å². The van der Waals surface area contributed by atoms with E-state index in [0.29, 0.717) is 25.9 Å². The van der Waals surface area contributed by atoms with Crippen LogP contribution in [0.3, 0.4) is 0 Å². The predicted molar refractivity (Wildman–Crippen MR) is 123 cm³/mol. The molecule has 0 aromatic heterocycles. The van der Waals surface area contributed by atoms with Crippen LogP contribution < -0.4 is 0 Å². The lowest BCUT2D eigenvalue weighted by Crippen LogP contribution is -2.19. The Balaban J connectivity index is 1.85. The molecule has 2 rings (SSSR count). The highest BCUT2D eigenvalue weighted by molar-refractivity contribution is 5.84. The minimum atomic E-state index is -0.779. The van der Waals surface area contributed by atoms with Gasteiger partial charge < -0.3 is 20.1 Å². The number of aliphatic hydroxyl groups is 2. The van der Waals surface area contributed by atoms with Crippen LogP contribution in [-0.2, 0) is 27.4 Å². The van der Waals surface area contributed by atoms with E-state index in [1.54, 1.807) is 12.2 Å². The van der Waals surface area contributed by atoms with Crippen molar-refractivity contribution in [3.63, 3.8) is 0 Å². The van der Waals surface area contributed by atoms with Gasteiger partial charge in [-0.05, 0) is 37.8 Å². The number of hydrogen-bond acceptors (Lipinski definition) is 5. The predicted octanol–water partition coefficient (Wildman–Crippen LogP) is 4.06. The number of carbonyl (C=O) groups excluding carboxylic acids is 1. The highest BCUT2D eigenvalue weighted by Gasteiger charge is 2.39. The van der Waals surface area contributed by atoms with Gasteiger partial charge in [-0.15, -0.1) is 0 Å². The largest absolute Gasteiger partial charge is 0.481 e. The van der Waals surface area contributed by atoms with Crippen molar-refractivity contribution in [3.05, 3.63) is 47.5 Å². The van der Waals surface area contributed by atoms with Crippen LogP contribution in [0.2, 0.25) is 0 Å². The van der Waals surface area contributed by atoms with Crippen molar-refractivity contribution < 1.29 is 29.6 Å². The fourth-order valence-corrected chi connectivity index (χ4v) is 4.26. The molecule has 1 saturated carbocycles. The fraction of sp³-hybridized carbons (Fsp3) is 0.615. The summed E-state index contributed by atoms with van der Waals surface area (Å²) in [5.74, 6) is -1.21. The molecular formula is C26H38O6. The number of benzene rings is 1. The van der Waals surface area contributed by atoms with Crippen molar-refractivity contribution in [1.82, 2.24) is 0 Å². The zero-order valence-corrected chi connectivity index (χ0v) is 19.3. The maximum absolute atomic E-state index is 12.3.